The van der Waals surface area contributed by atoms with Crippen molar-refractivity contribution in [2.75, 3.05) is 32.2 Å². The second kappa shape index (κ2) is 4.47. The van der Waals surface area contributed by atoms with E-state index in [4.69, 9.17) is 10.5 Å². The van der Waals surface area contributed by atoms with Crippen LogP contribution >= 0.6 is 0 Å². The molecule has 0 radical (unpaired) electrons. The van der Waals surface area contributed by atoms with Crippen LogP contribution in [0.15, 0.2) is 12.1 Å². The van der Waals surface area contributed by atoms with Crippen molar-refractivity contribution in [1.82, 2.24) is 15.0 Å². The molecule has 0 bridgehead atoms. The molecule has 2 aromatic heterocycles. The molecule has 1 fully saturated rings. The maximum absolute atomic E-state index is 6.43. The highest BCUT2D eigenvalue weighted by molar-refractivity contribution is 5.73. The summed E-state index contributed by atoms with van der Waals surface area (Å²) < 4.78 is 5.37. The van der Waals surface area contributed by atoms with Gasteiger partial charge in [0.15, 0.2) is 5.65 Å². The summed E-state index contributed by atoms with van der Waals surface area (Å²) in [6, 6.07) is 3.97. The van der Waals surface area contributed by atoms with E-state index in [9.17, 15) is 0 Å². The van der Waals surface area contributed by atoms with Crippen LogP contribution in [0.4, 0.5) is 5.82 Å². The molecule has 6 nitrogen and oxygen atoms in total. The van der Waals surface area contributed by atoms with Gasteiger partial charge in [0.2, 0.25) is 0 Å². The van der Waals surface area contributed by atoms with Gasteiger partial charge >= 0.3 is 0 Å². The Balaban J connectivity index is 2.01. The number of nitrogens with zero attached hydrogens (tertiary/aromatic N) is 3. The maximum Gasteiger partial charge on any atom is 0.179 e. The molecule has 0 unspecified atom stereocenters. The first-order valence-corrected chi connectivity index (χ1v) is 6.50. The topological polar surface area (TPSA) is 80.1 Å². The zero-order valence-corrected chi connectivity index (χ0v) is 11.3. The van der Waals surface area contributed by atoms with Crippen molar-refractivity contribution in [2.24, 2.45) is 5.73 Å². The van der Waals surface area contributed by atoms with E-state index >= 15 is 0 Å². The molecule has 0 aromatic carbocycles. The number of ether oxygens (including phenoxy) is 1. The third kappa shape index (κ3) is 2.17. The first kappa shape index (κ1) is 12.4. The molecule has 3 N–H and O–H groups in total. The van der Waals surface area contributed by atoms with Crippen LogP contribution in [0.3, 0.4) is 0 Å². The summed E-state index contributed by atoms with van der Waals surface area (Å²) in [6.45, 7) is 1.37. The van der Waals surface area contributed by atoms with Gasteiger partial charge in [0.05, 0.1) is 11.1 Å². The molecule has 2 aromatic rings. The minimum atomic E-state index is -0.419. The predicted octanol–water partition coefficient (Wildman–Crippen LogP) is 0.988. The minimum absolute atomic E-state index is 0.419. The molecule has 3 heterocycles. The van der Waals surface area contributed by atoms with Crippen molar-refractivity contribution >= 4 is 17.0 Å². The molecular formula is C13H19N5O. The lowest BCUT2D eigenvalue weighted by atomic mass is 9.91. The third-order valence-electron chi connectivity index (χ3n) is 3.65. The second-order valence-corrected chi connectivity index (χ2v) is 5.29. The molecule has 3 rings (SSSR count). The van der Waals surface area contributed by atoms with Gasteiger partial charge in [0.1, 0.15) is 11.6 Å². The van der Waals surface area contributed by atoms with E-state index in [-0.39, 0.29) is 0 Å². The van der Waals surface area contributed by atoms with Crippen molar-refractivity contribution in [3.05, 3.63) is 18.0 Å². The lowest BCUT2D eigenvalue weighted by Gasteiger charge is -2.31. The summed E-state index contributed by atoms with van der Waals surface area (Å²) >= 11 is 0. The number of aromatic amines is 1. The van der Waals surface area contributed by atoms with Crippen LogP contribution < -0.4 is 10.6 Å². The monoisotopic (exact) mass is 261 g/mol. The molecule has 19 heavy (non-hydrogen) atoms. The van der Waals surface area contributed by atoms with Crippen LogP contribution in [0.5, 0.6) is 0 Å². The van der Waals surface area contributed by atoms with E-state index in [1.807, 2.05) is 31.1 Å². The number of imidazole rings is 1. The zero-order chi connectivity index (χ0) is 13.5. The number of H-pyrrole nitrogens is 1. The van der Waals surface area contributed by atoms with Crippen LogP contribution in [0, 0.1) is 0 Å². The van der Waals surface area contributed by atoms with E-state index in [1.54, 1.807) is 0 Å². The highest BCUT2D eigenvalue weighted by atomic mass is 16.5. The number of aromatic nitrogens is 3. The number of hydrogen-bond donors (Lipinski definition) is 2. The molecule has 1 saturated heterocycles. The summed E-state index contributed by atoms with van der Waals surface area (Å²) in [4.78, 5) is 14.4. The van der Waals surface area contributed by atoms with E-state index in [1.165, 1.54) is 0 Å². The fourth-order valence-electron chi connectivity index (χ4n) is 2.34. The van der Waals surface area contributed by atoms with Gasteiger partial charge in [-0.2, -0.15) is 0 Å². The van der Waals surface area contributed by atoms with E-state index in [2.05, 4.69) is 15.0 Å². The van der Waals surface area contributed by atoms with Crippen LogP contribution in [0.1, 0.15) is 18.7 Å². The zero-order valence-electron chi connectivity index (χ0n) is 11.3. The van der Waals surface area contributed by atoms with Gasteiger partial charge in [-0.3, -0.25) is 0 Å². The van der Waals surface area contributed by atoms with Crippen molar-refractivity contribution < 1.29 is 4.74 Å². The van der Waals surface area contributed by atoms with Gasteiger partial charge in [-0.1, -0.05) is 0 Å². The first-order valence-electron chi connectivity index (χ1n) is 6.50. The van der Waals surface area contributed by atoms with Crippen molar-refractivity contribution in [1.29, 1.82) is 0 Å². The molecule has 1 aliphatic heterocycles. The summed E-state index contributed by atoms with van der Waals surface area (Å²) in [5, 5.41) is 0. The third-order valence-corrected chi connectivity index (χ3v) is 3.65. The second-order valence-electron chi connectivity index (χ2n) is 5.29. The summed E-state index contributed by atoms with van der Waals surface area (Å²) in [6.07, 6.45) is 1.57. The number of nitrogens with one attached hydrogen (secondary N) is 1. The largest absolute Gasteiger partial charge is 0.381 e. The van der Waals surface area contributed by atoms with Crippen LogP contribution in [0.2, 0.25) is 0 Å². The summed E-state index contributed by atoms with van der Waals surface area (Å²) in [5.41, 5.74) is 7.66. The van der Waals surface area contributed by atoms with Crippen LogP contribution in [-0.4, -0.2) is 42.3 Å². The Bertz CT molecular complexity index is 586. The Labute approximate surface area is 112 Å². The van der Waals surface area contributed by atoms with Crippen molar-refractivity contribution in [2.45, 2.75) is 18.4 Å². The SMILES string of the molecule is CN(C)c1ccc2[nH]c(C3(N)CCOCC3)nc2n1. The molecule has 0 amide bonds. The number of hydrogen-bond acceptors (Lipinski definition) is 5. The lowest BCUT2D eigenvalue weighted by molar-refractivity contribution is 0.0496. The van der Waals surface area contributed by atoms with Crippen molar-refractivity contribution in [3.8, 4) is 0 Å². The molecule has 0 aliphatic carbocycles. The number of anilines is 1. The molecule has 0 spiro atoms. The van der Waals surface area contributed by atoms with Crippen molar-refractivity contribution in [3.63, 3.8) is 0 Å². The number of nitrogens with two attached hydrogens (primary N) is 1. The Morgan fingerprint density at radius 1 is 1.26 bits per heavy atom. The quantitative estimate of drug-likeness (QED) is 0.842. The smallest absolute Gasteiger partial charge is 0.179 e. The van der Waals surface area contributed by atoms with E-state index in [0.29, 0.717) is 13.2 Å². The summed E-state index contributed by atoms with van der Waals surface area (Å²) in [5.74, 6) is 1.71. The summed E-state index contributed by atoms with van der Waals surface area (Å²) in [7, 11) is 3.93. The molecule has 0 atom stereocenters. The molecule has 6 heteroatoms. The normalized spacial score (nSPS) is 18.7. The van der Waals surface area contributed by atoms with E-state index in [0.717, 1.165) is 35.6 Å². The Hall–Kier alpha value is -1.66. The van der Waals surface area contributed by atoms with Gasteiger partial charge in [-0.15, -0.1) is 0 Å². The van der Waals surface area contributed by atoms with Gasteiger partial charge < -0.3 is 20.4 Å². The molecule has 1 aliphatic rings. The average molecular weight is 261 g/mol. The van der Waals surface area contributed by atoms with Gasteiger partial charge in [-0.05, 0) is 25.0 Å². The maximum atomic E-state index is 6.43. The first-order chi connectivity index (χ1) is 9.08. The highest BCUT2D eigenvalue weighted by Gasteiger charge is 2.33. The lowest BCUT2D eigenvalue weighted by Crippen LogP contribution is -2.43. The fraction of sp³-hybridized carbons (Fsp3) is 0.538. The Kier molecular flexibility index (Phi) is 2.91. The van der Waals surface area contributed by atoms with Crippen LogP contribution in [-0.2, 0) is 10.3 Å². The predicted molar refractivity (Wildman–Crippen MR) is 74.1 cm³/mol. The molecule has 0 saturated carbocycles. The molecular weight excluding hydrogens is 242 g/mol. The molecule has 102 valence electrons. The Morgan fingerprint density at radius 3 is 2.68 bits per heavy atom. The average Bonchev–Trinajstić information content (AvgIpc) is 2.83. The standard InChI is InChI=1S/C13H19N5O/c1-18(2)10-4-3-9-11(16-10)17-12(15-9)13(14)5-7-19-8-6-13/h3-4H,5-8,14H2,1-2H3,(H,15,16,17). The van der Waals surface area contributed by atoms with Gasteiger partial charge in [0, 0.05) is 27.3 Å². The van der Waals surface area contributed by atoms with Gasteiger partial charge in [0.25, 0.3) is 0 Å². The minimum Gasteiger partial charge on any atom is -0.381 e. The van der Waals surface area contributed by atoms with E-state index < -0.39 is 5.54 Å². The highest BCUT2D eigenvalue weighted by Crippen LogP contribution is 2.28. The van der Waals surface area contributed by atoms with Crippen LogP contribution in [0.25, 0.3) is 11.2 Å². The number of pyridine rings is 1. The number of fused-ring (bicyclic) bond motifs is 1. The number of rotatable bonds is 2. The fourth-order valence-corrected chi connectivity index (χ4v) is 2.34. The van der Waals surface area contributed by atoms with Gasteiger partial charge in [-0.25, -0.2) is 9.97 Å². The Morgan fingerprint density at radius 2 is 2.00 bits per heavy atom.